The minimum Gasteiger partial charge on any atom is -0.355 e. The molecule has 302 valence electrons. The fraction of sp³-hybridized carbons (Fsp3) is 0.476. The third-order valence-electron chi connectivity index (χ3n) is 10.6. The Labute approximate surface area is 330 Å². The summed E-state index contributed by atoms with van der Waals surface area (Å²) in [6.45, 7) is 14.1. The van der Waals surface area contributed by atoms with Crippen LogP contribution in [-0.4, -0.2) is 97.2 Å². The van der Waals surface area contributed by atoms with Gasteiger partial charge in [0.15, 0.2) is 0 Å². The predicted octanol–water partition coefficient (Wildman–Crippen LogP) is 2.68. The lowest BCUT2D eigenvalue weighted by Crippen LogP contribution is -2.29. The van der Waals surface area contributed by atoms with E-state index in [1.165, 1.54) is 5.57 Å². The number of rotatable bonds is 20. The van der Waals surface area contributed by atoms with Gasteiger partial charge in [-0.25, -0.2) is 9.97 Å². The van der Waals surface area contributed by atoms with Gasteiger partial charge in [0.1, 0.15) is 0 Å². The Balaban J connectivity index is 1.81. The van der Waals surface area contributed by atoms with Gasteiger partial charge in [0, 0.05) is 92.8 Å². The van der Waals surface area contributed by atoms with Gasteiger partial charge in [0.25, 0.3) is 0 Å². The van der Waals surface area contributed by atoms with Crippen molar-refractivity contribution < 1.29 is 9.59 Å². The van der Waals surface area contributed by atoms with Crippen molar-refractivity contribution in [3.8, 4) is 0 Å². The maximum atomic E-state index is 12.9. The molecule has 2 aliphatic rings. The Morgan fingerprint density at radius 2 is 1.09 bits per heavy atom. The number of hydrogen-bond donors (Lipinski definition) is 10. The van der Waals surface area contributed by atoms with Crippen molar-refractivity contribution in [1.29, 1.82) is 0 Å². The SMILES string of the molecule is CC1=C(CCNCCN)c2cc3[nH]c(cc3C)c(CCNCCN)c3nc(cc4[nH]c(cc1n2)c(C)c4CCC(=O)NCCN)C(CCC(=O)NCCN)=C3C. The van der Waals surface area contributed by atoms with Gasteiger partial charge < -0.3 is 54.2 Å². The van der Waals surface area contributed by atoms with E-state index in [2.05, 4.69) is 83.2 Å². The maximum absolute atomic E-state index is 12.9. The molecule has 5 rings (SSSR count). The zero-order valence-corrected chi connectivity index (χ0v) is 33.6. The molecule has 56 heavy (non-hydrogen) atoms. The average molecular weight is 767 g/mol. The summed E-state index contributed by atoms with van der Waals surface area (Å²) in [4.78, 5) is 43.8. The molecule has 0 aromatic carbocycles. The van der Waals surface area contributed by atoms with E-state index >= 15 is 0 Å². The van der Waals surface area contributed by atoms with Crippen LogP contribution in [0.2, 0.25) is 0 Å². The molecule has 8 bridgehead atoms. The number of nitrogens with one attached hydrogen (secondary N) is 6. The van der Waals surface area contributed by atoms with Crippen molar-refractivity contribution >= 4 is 56.2 Å². The molecule has 3 aromatic heterocycles. The largest absolute Gasteiger partial charge is 0.355 e. The summed E-state index contributed by atoms with van der Waals surface area (Å²) in [5, 5.41) is 12.7. The molecule has 0 saturated carbocycles. The fourth-order valence-corrected chi connectivity index (χ4v) is 7.44. The second-order valence-corrected chi connectivity index (χ2v) is 14.5. The minimum absolute atomic E-state index is 0.0517. The molecule has 3 aromatic rings. The number of carbonyl (C=O) groups excluding carboxylic acids is 2. The highest BCUT2D eigenvalue weighted by Crippen LogP contribution is 2.38. The first kappa shape index (κ1) is 42.4. The number of carbonyl (C=O) groups is 2. The summed E-state index contributed by atoms with van der Waals surface area (Å²) < 4.78 is 0. The average Bonchev–Trinajstić information content (AvgIpc) is 3.88. The lowest BCUT2D eigenvalue weighted by molar-refractivity contribution is -0.121. The van der Waals surface area contributed by atoms with Crippen molar-refractivity contribution in [3.05, 3.63) is 69.3 Å². The number of hydrogen-bond acceptors (Lipinski definition) is 10. The predicted molar refractivity (Wildman–Crippen MR) is 229 cm³/mol. The molecule has 14 N–H and O–H groups in total. The van der Waals surface area contributed by atoms with E-state index in [-0.39, 0.29) is 11.8 Å². The van der Waals surface area contributed by atoms with Crippen LogP contribution in [0, 0.1) is 13.8 Å². The van der Waals surface area contributed by atoms with Gasteiger partial charge >= 0.3 is 0 Å². The van der Waals surface area contributed by atoms with Crippen LogP contribution in [0.4, 0.5) is 0 Å². The van der Waals surface area contributed by atoms with E-state index < -0.39 is 0 Å². The van der Waals surface area contributed by atoms with Gasteiger partial charge in [-0.3, -0.25) is 9.59 Å². The van der Waals surface area contributed by atoms with E-state index in [1.54, 1.807) is 0 Å². The second kappa shape index (κ2) is 20.5. The number of aryl methyl sites for hydroxylation is 3. The van der Waals surface area contributed by atoms with Gasteiger partial charge in [-0.05, 0) is 130 Å². The Kier molecular flexibility index (Phi) is 15.5. The molecule has 2 amide bonds. The van der Waals surface area contributed by atoms with Crippen LogP contribution in [0.5, 0.6) is 0 Å². The molecule has 5 heterocycles. The van der Waals surface area contributed by atoms with Crippen LogP contribution in [0.1, 0.15) is 84.6 Å². The first-order chi connectivity index (χ1) is 27.1. The van der Waals surface area contributed by atoms with Crippen molar-refractivity contribution in [2.75, 3.05) is 65.4 Å². The lowest BCUT2D eigenvalue weighted by Gasteiger charge is -2.09. The third-order valence-corrected chi connectivity index (χ3v) is 10.6. The molecule has 0 radical (unpaired) electrons. The van der Waals surface area contributed by atoms with Gasteiger partial charge in [-0.2, -0.15) is 0 Å². The number of fused-ring (bicyclic) bond motifs is 8. The van der Waals surface area contributed by atoms with Crippen LogP contribution in [0.3, 0.4) is 0 Å². The third kappa shape index (κ3) is 10.4. The van der Waals surface area contributed by atoms with Gasteiger partial charge in [0.05, 0.1) is 22.8 Å². The molecule has 0 unspecified atom stereocenters. The van der Waals surface area contributed by atoms with Gasteiger partial charge in [-0.15, -0.1) is 0 Å². The minimum atomic E-state index is -0.0552. The summed E-state index contributed by atoms with van der Waals surface area (Å²) in [5.41, 5.74) is 38.8. The van der Waals surface area contributed by atoms with Crippen LogP contribution in [0.15, 0.2) is 24.3 Å². The zero-order valence-electron chi connectivity index (χ0n) is 33.6. The zero-order chi connectivity index (χ0) is 40.2. The number of amides is 2. The highest BCUT2D eigenvalue weighted by molar-refractivity contribution is 5.96. The number of allylic oxidation sites excluding steroid dienone is 3. The summed E-state index contributed by atoms with van der Waals surface area (Å²) in [6.07, 6.45) is 3.12. The second-order valence-electron chi connectivity index (χ2n) is 14.5. The number of aromatic nitrogens is 4. The molecule has 0 spiro atoms. The summed E-state index contributed by atoms with van der Waals surface area (Å²) >= 11 is 0. The van der Waals surface area contributed by atoms with E-state index in [4.69, 9.17) is 32.9 Å². The first-order valence-corrected chi connectivity index (χ1v) is 20.0. The van der Waals surface area contributed by atoms with E-state index in [9.17, 15) is 9.59 Å². The van der Waals surface area contributed by atoms with Crippen LogP contribution in [-0.2, 0) is 22.4 Å². The first-order valence-electron chi connectivity index (χ1n) is 20.0. The monoisotopic (exact) mass is 767 g/mol. The molecular weight excluding hydrogens is 705 g/mol. The Hall–Kier alpha value is -4.70. The van der Waals surface area contributed by atoms with E-state index in [0.29, 0.717) is 84.5 Å². The molecule has 0 saturated heterocycles. The Morgan fingerprint density at radius 1 is 0.554 bits per heavy atom. The molecule has 0 aliphatic carbocycles. The molecule has 14 heteroatoms. The molecule has 0 atom stereocenters. The summed E-state index contributed by atoms with van der Waals surface area (Å²) in [5.74, 6) is -0.107. The lowest BCUT2D eigenvalue weighted by atomic mass is 9.97. The molecule has 2 aliphatic heterocycles. The number of nitrogens with two attached hydrogens (primary N) is 4. The van der Waals surface area contributed by atoms with Crippen molar-refractivity contribution in [3.63, 3.8) is 0 Å². The highest BCUT2D eigenvalue weighted by atomic mass is 16.2. The Bertz CT molecular complexity index is 2110. The Morgan fingerprint density at radius 3 is 1.75 bits per heavy atom. The standard InChI is InChI=1S/C42H62N12O2/c1-25-21-36-32(10-16-48-18-12-44)42-28(4)30(6-8-41(56)50-20-14-46)39(54-42)24-38-29(5-7-40(55)49-19-13-45)26(2)34(53-38)23-35-27(3)31(9-15-47-17-11-43)37(52-35)22-33(25)51-36/h21-24,47-48,51,53H,5-20,43-46H2,1-4H3,(H,49,55)(H,50,56). The van der Waals surface area contributed by atoms with Crippen LogP contribution in [0.25, 0.3) is 44.4 Å². The highest BCUT2D eigenvalue weighted by Gasteiger charge is 2.23. The van der Waals surface area contributed by atoms with Gasteiger partial charge in [0.2, 0.25) is 11.8 Å². The maximum Gasteiger partial charge on any atom is 0.220 e. The van der Waals surface area contributed by atoms with E-state index in [1.807, 2.05) is 0 Å². The van der Waals surface area contributed by atoms with Crippen LogP contribution >= 0.6 is 0 Å². The fourth-order valence-electron chi connectivity index (χ4n) is 7.44. The molecular formula is C42H62N12O2. The molecule has 0 fully saturated rings. The topological polar surface area (TPSA) is 244 Å². The van der Waals surface area contributed by atoms with Crippen molar-refractivity contribution in [1.82, 2.24) is 41.2 Å². The van der Waals surface area contributed by atoms with Crippen molar-refractivity contribution in [2.24, 2.45) is 22.9 Å². The normalized spacial score (nSPS) is 12.9. The number of nitrogens with zero attached hydrogens (tertiary/aromatic N) is 2. The smallest absolute Gasteiger partial charge is 0.220 e. The van der Waals surface area contributed by atoms with Gasteiger partial charge in [-0.1, -0.05) is 0 Å². The quantitative estimate of drug-likeness (QED) is 0.0754. The summed E-state index contributed by atoms with van der Waals surface area (Å²) in [7, 11) is 0. The number of aromatic amines is 2. The van der Waals surface area contributed by atoms with E-state index in [0.717, 1.165) is 103 Å². The van der Waals surface area contributed by atoms with Crippen LogP contribution < -0.4 is 44.2 Å². The van der Waals surface area contributed by atoms with Crippen molar-refractivity contribution in [2.45, 2.75) is 66.2 Å². The number of H-pyrrole nitrogens is 2. The summed E-state index contributed by atoms with van der Waals surface area (Å²) in [6, 6.07) is 8.55. The molecule has 14 nitrogen and oxygen atoms in total.